The van der Waals surface area contributed by atoms with Gasteiger partial charge in [0, 0.05) is 36.9 Å². The fraction of sp³-hybridized carbons (Fsp3) is 0.480. The van der Waals surface area contributed by atoms with Crippen molar-refractivity contribution < 1.29 is 9.53 Å². The lowest BCUT2D eigenvalue weighted by Gasteiger charge is -2.45. The number of aromatic nitrogens is 1. The lowest BCUT2D eigenvalue weighted by Crippen LogP contribution is -2.58. The van der Waals surface area contributed by atoms with Gasteiger partial charge in [-0.1, -0.05) is 12.1 Å². The van der Waals surface area contributed by atoms with Crippen LogP contribution in [0.4, 0.5) is 5.82 Å². The molecule has 32 heavy (non-hydrogen) atoms. The predicted octanol–water partition coefficient (Wildman–Crippen LogP) is 2.81. The molecule has 3 heterocycles. The van der Waals surface area contributed by atoms with E-state index in [0.717, 1.165) is 50.3 Å². The molecule has 2 unspecified atom stereocenters. The summed E-state index contributed by atoms with van der Waals surface area (Å²) in [6, 6.07) is 14.6. The van der Waals surface area contributed by atoms with E-state index in [1.165, 1.54) is 12.0 Å². The Bertz CT molecular complexity index is 1010. The first-order chi connectivity index (χ1) is 15.6. The van der Waals surface area contributed by atoms with Crippen molar-refractivity contribution in [1.82, 2.24) is 15.2 Å². The number of nitrogens with one attached hydrogen (secondary N) is 1. The van der Waals surface area contributed by atoms with E-state index in [0.29, 0.717) is 12.1 Å². The molecule has 3 fully saturated rings. The van der Waals surface area contributed by atoms with Crippen LogP contribution in [0.5, 0.6) is 5.75 Å². The third-order valence-corrected chi connectivity index (χ3v) is 7.38. The highest BCUT2D eigenvalue weighted by atomic mass is 16.5. The monoisotopic (exact) mass is 431 g/mol. The smallest absolute Gasteiger partial charge is 0.236 e. The van der Waals surface area contributed by atoms with Crippen LogP contribution < -0.4 is 15.0 Å². The molecule has 2 aliphatic heterocycles. The Hall–Kier alpha value is -3.11. The van der Waals surface area contributed by atoms with E-state index < -0.39 is 0 Å². The van der Waals surface area contributed by atoms with Gasteiger partial charge in [-0.3, -0.25) is 10.1 Å². The Kier molecular flexibility index (Phi) is 5.48. The summed E-state index contributed by atoms with van der Waals surface area (Å²) >= 11 is 0. The van der Waals surface area contributed by atoms with Crippen molar-refractivity contribution in [3.63, 3.8) is 0 Å². The zero-order valence-electron chi connectivity index (χ0n) is 18.5. The number of rotatable bonds is 6. The summed E-state index contributed by atoms with van der Waals surface area (Å²) in [6.45, 7) is 1.81. The van der Waals surface area contributed by atoms with Crippen molar-refractivity contribution in [2.75, 3.05) is 31.6 Å². The van der Waals surface area contributed by atoms with Crippen LogP contribution in [0.1, 0.15) is 43.2 Å². The highest BCUT2D eigenvalue weighted by Gasteiger charge is 2.43. The number of hydrogen-bond donors (Lipinski definition) is 1. The molecule has 0 spiro atoms. The number of nitriles is 1. The third-order valence-electron chi connectivity index (χ3n) is 7.38. The zero-order valence-corrected chi connectivity index (χ0v) is 18.5. The van der Waals surface area contributed by atoms with E-state index in [9.17, 15) is 4.79 Å². The molecule has 2 saturated heterocycles. The van der Waals surface area contributed by atoms with E-state index in [4.69, 9.17) is 10.00 Å². The number of carbonyl (C=O) groups excluding carboxylic acids is 1. The van der Waals surface area contributed by atoms with Gasteiger partial charge in [0.15, 0.2) is 0 Å². The maximum atomic E-state index is 13.2. The van der Waals surface area contributed by atoms with Crippen LogP contribution in [-0.2, 0) is 10.3 Å². The van der Waals surface area contributed by atoms with E-state index in [-0.39, 0.29) is 23.5 Å². The second-order valence-corrected chi connectivity index (χ2v) is 9.13. The lowest BCUT2D eigenvalue weighted by atomic mass is 9.71. The predicted molar refractivity (Wildman–Crippen MR) is 121 cm³/mol. The molecule has 1 amide bonds. The maximum Gasteiger partial charge on any atom is 0.236 e. The number of anilines is 1. The van der Waals surface area contributed by atoms with Crippen molar-refractivity contribution in [2.24, 2.45) is 0 Å². The van der Waals surface area contributed by atoms with Gasteiger partial charge in [-0.15, -0.1) is 0 Å². The highest BCUT2D eigenvalue weighted by Crippen LogP contribution is 2.42. The molecular formula is C25H29N5O2. The Morgan fingerprint density at radius 1 is 1.25 bits per heavy atom. The fourth-order valence-corrected chi connectivity index (χ4v) is 5.46. The molecule has 1 saturated carbocycles. The Morgan fingerprint density at radius 3 is 2.62 bits per heavy atom. The number of pyridine rings is 1. The van der Waals surface area contributed by atoms with Gasteiger partial charge in [0.1, 0.15) is 17.6 Å². The zero-order chi connectivity index (χ0) is 22.1. The second kappa shape index (κ2) is 8.44. The summed E-state index contributed by atoms with van der Waals surface area (Å²) < 4.78 is 5.40. The first kappa shape index (κ1) is 20.8. The van der Waals surface area contributed by atoms with E-state index in [1.54, 1.807) is 13.3 Å². The van der Waals surface area contributed by atoms with Crippen LogP contribution in [-0.4, -0.2) is 54.6 Å². The van der Waals surface area contributed by atoms with Crippen LogP contribution in [0.2, 0.25) is 0 Å². The van der Waals surface area contributed by atoms with Gasteiger partial charge in [-0.25, -0.2) is 4.98 Å². The van der Waals surface area contributed by atoms with Gasteiger partial charge in [0.25, 0.3) is 0 Å². The Morgan fingerprint density at radius 2 is 2.03 bits per heavy atom. The quantitative estimate of drug-likeness (QED) is 0.758. The molecule has 5 rings (SSSR count). The summed E-state index contributed by atoms with van der Waals surface area (Å²) in [5, 5.41) is 12.6. The molecule has 166 valence electrons. The van der Waals surface area contributed by atoms with E-state index in [1.807, 2.05) is 29.2 Å². The fourth-order valence-electron chi connectivity index (χ4n) is 5.46. The molecule has 7 nitrogen and oxygen atoms in total. The molecule has 1 aromatic carbocycles. The molecule has 1 aliphatic carbocycles. The number of benzene rings is 1. The van der Waals surface area contributed by atoms with Gasteiger partial charge in [0.05, 0.1) is 19.2 Å². The summed E-state index contributed by atoms with van der Waals surface area (Å²) in [6.07, 6.45) is 7.01. The van der Waals surface area contributed by atoms with Crippen LogP contribution >= 0.6 is 0 Å². The number of amides is 1. The van der Waals surface area contributed by atoms with Crippen molar-refractivity contribution in [3.8, 4) is 11.8 Å². The minimum Gasteiger partial charge on any atom is -0.497 e. The molecule has 0 radical (unpaired) electrons. The highest BCUT2D eigenvalue weighted by molar-refractivity contribution is 5.79. The SMILES string of the molecule is COc1cccc(C2(NCC(=O)N3CC4CCC(C3)N4c3ccc(C#N)cn3)CCC2)c1. The number of fused-ring (bicyclic) bond motifs is 2. The second-order valence-electron chi connectivity index (χ2n) is 9.13. The molecule has 1 N–H and O–H groups in total. The summed E-state index contributed by atoms with van der Waals surface area (Å²) in [5.41, 5.74) is 1.65. The normalized spacial score (nSPS) is 23.4. The number of hydrogen-bond acceptors (Lipinski definition) is 6. The van der Waals surface area contributed by atoms with Crippen LogP contribution in [0.3, 0.4) is 0 Å². The first-order valence-electron chi connectivity index (χ1n) is 11.4. The first-order valence-corrected chi connectivity index (χ1v) is 11.4. The van der Waals surface area contributed by atoms with Gasteiger partial charge < -0.3 is 14.5 Å². The Labute approximate surface area is 189 Å². The van der Waals surface area contributed by atoms with Crippen LogP contribution in [0.25, 0.3) is 0 Å². The average Bonchev–Trinajstić information content (AvgIpc) is 3.07. The van der Waals surface area contributed by atoms with Crippen molar-refractivity contribution in [1.29, 1.82) is 5.26 Å². The number of ether oxygens (including phenoxy) is 1. The van der Waals surface area contributed by atoms with E-state index >= 15 is 0 Å². The van der Waals surface area contributed by atoms with Gasteiger partial charge in [-0.05, 0) is 61.9 Å². The number of piperazine rings is 1. The minimum atomic E-state index is -0.128. The maximum absolute atomic E-state index is 13.2. The summed E-state index contributed by atoms with van der Waals surface area (Å²) in [7, 11) is 1.69. The Balaban J connectivity index is 1.23. The molecule has 3 aliphatic rings. The van der Waals surface area contributed by atoms with Crippen molar-refractivity contribution in [2.45, 2.75) is 49.7 Å². The number of likely N-dealkylation sites (tertiary alicyclic amines) is 1. The number of carbonyl (C=O) groups is 1. The molecule has 1 aromatic heterocycles. The summed E-state index contributed by atoms with van der Waals surface area (Å²) in [4.78, 5) is 22.0. The number of methoxy groups -OCH3 is 1. The van der Waals surface area contributed by atoms with Gasteiger partial charge in [0.2, 0.25) is 5.91 Å². The van der Waals surface area contributed by atoms with E-state index in [2.05, 4.69) is 33.4 Å². The largest absolute Gasteiger partial charge is 0.497 e. The standard InChI is InChI=1S/C25H29N5O2/c1-32-22-5-2-4-19(12-22)25(10-3-11-25)28-15-24(31)29-16-20-7-8-21(17-29)30(20)23-9-6-18(13-26)14-27-23/h2,4-6,9,12,14,20-21,28H,3,7-8,10-11,15-17H2,1H3. The molecule has 2 aromatic rings. The van der Waals surface area contributed by atoms with Gasteiger partial charge >= 0.3 is 0 Å². The average molecular weight is 432 g/mol. The number of nitrogens with zero attached hydrogens (tertiary/aromatic N) is 4. The van der Waals surface area contributed by atoms with Crippen LogP contribution in [0.15, 0.2) is 42.6 Å². The molecule has 7 heteroatoms. The van der Waals surface area contributed by atoms with Crippen LogP contribution in [0, 0.1) is 11.3 Å². The summed E-state index contributed by atoms with van der Waals surface area (Å²) in [5.74, 6) is 1.93. The lowest BCUT2D eigenvalue weighted by molar-refractivity contribution is -0.131. The van der Waals surface area contributed by atoms with Gasteiger partial charge in [-0.2, -0.15) is 5.26 Å². The third kappa shape index (κ3) is 3.69. The van der Waals surface area contributed by atoms with Crippen molar-refractivity contribution >= 4 is 11.7 Å². The molecule has 2 bridgehead atoms. The van der Waals surface area contributed by atoms with Crippen molar-refractivity contribution in [3.05, 3.63) is 53.7 Å². The topological polar surface area (TPSA) is 81.5 Å². The minimum absolute atomic E-state index is 0.128. The molecule has 2 atom stereocenters. The molecular weight excluding hydrogens is 402 g/mol.